The number of imidazole rings is 3. The van der Waals surface area contributed by atoms with Gasteiger partial charge in [0.2, 0.25) is 15.9 Å². The lowest BCUT2D eigenvalue weighted by Crippen LogP contribution is -2.50. The number of sulfonamides is 1. The van der Waals surface area contributed by atoms with Gasteiger partial charge in [0.1, 0.15) is 5.82 Å². The van der Waals surface area contributed by atoms with E-state index in [9.17, 15) is 27.2 Å². The number of amides is 3. The van der Waals surface area contributed by atoms with Crippen LogP contribution in [-0.4, -0.2) is 143 Å². The predicted octanol–water partition coefficient (Wildman–Crippen LogP) is 14.2. The van der Waals surface area contributed by atoms with Crippen molar-refractivity contribution < 1.29 is 27.2 Å². The van der Waals surface area contributed by atoms with Gasteiger partial charge in [0.25, 0.3) is 11.8 Å². The zero-order valence-corrected chi connectivity index (χ0v) is 63.8. The van der Waals surface area contributed by atoms with Gasteiger partial charge in [0, 0.05) is 174 Å². The molecule has 0 spiro atoms. The van der Waals surface area contributed by atoms with Gasteiger partial charge in [0.05, 0.1) is 44.6 Å². The molecule has 0 aliphatic carbocycles. The Morgan fingerprint density at radius 3 is 1.44 bits per heavy atom. The lowest BCUT2D eigenvalue weighted by Gasteiger charge is -2.39. The molecule has 25 heteroatoms. The van der Waals surface area contributed by atoms with Crippen molar-refractivity contribution in [3.05, 3.63) is 265 Å². The zero-order chi connectivity index (χ0) is 77.5. The molecule has 0 radical (unpaired) electrons. The number of halogens is 1. The average Bonchev–Trinajstić information content (AvgIpc) is 1.72. The van der Waals surface area contributed by atoms with Gasteiger partial charge in [-0.1, -0.05) is 44.2 Å². The number of primary amides is 2. The first-order valence-corrected chi connectivity index (χ1v) is 38.9. The summed E-state index contributed by atoms with van der Waals surface area (Å²) >= 11 is 0. The molecule has 6 aromatic heterocycles. The minimum atomic E-state index is -3.67. The molecular weight excluding hydrogens is 1420 g/mol. The van der Waals surface area contributed by atoms with Crippen molar-refractivity contribution in [3.63, 3.8) is 0 Å². The highest BCUT2D eigenvalue weighted by Crippen LogP contribution is 2.35. The summed E-state index contributed by atoms with van der Waals surface area (Å²) in [6, 6.07) is 62.2. The molecule has 2 saturated heterocycles. The first-order valence-electron chi connectivity index (χ1n) is 37.4. The number of aromatic nitrogens is 6. The highest BCUT2D eigenvalue weighted by atomic mass is 32.2. The number of hydrogen-bond acceptors (Lipinski definition) is 16. The summed E-state index contributed by atoms with van der Waals surface area (Å²) in [5.74, 6) is -1.90. The number of nitrogens with two attached hydrogens (primary N) is 2. The maximum Gasteiger partial charge on any atom is 0.251 e. The summed E-state index contributed by atoms with van der Waals surface area (Å²) in [5.41, 5.74) is 30.1. The Labute approximate surface area is 645 Å². The average molecular weight is 1510 g/mol. The van der Waals surface area contributed by atoms with Gasteiger partial charge in [-0.25, -0.2) is 32.5 Å². The summed E-state index contributed by atoms with van der Waals surface area (Å²) in [6.07, 6.45) is 13.4. The number of piperazine rings is 2. The van der Waals surface area contributed by atoms with Gasteiger partial charge < -0.3 is 47.4 Å². The van der Waals surface area contributed by atoms with Crippen LogP contribution in [0.3, 0.4) is 0 Å². The molecule has 3 amide bonds. The van der Waals surface area contributed by atoms with Crippen LogP contribution in [0.15, 0.2) is 236 Å². The minimum Gasteiger partial charge on any atom is -0.378 e. The molecule has 111 heavy (non-hydrogen) atoms. The summed E-state index contributed by atoms with van der Waals surface area (Å²) < 4.78 is 48.3. The van der Waals surface area contributed by atoms with Crippen LogP contribution in [0.4, 0.5) is 55.6 Å². The number of pyridine rings is 3. The summed E-state index contributed by atoms with van der Waals surface area (Å²) in [6.45, 7) is 18.4. The van der Waals surface area contributed by atoms with E-state index in [0.717, 1.165) is 148 Å². The topological polar surface area (TPSA) is 266 Å². The van der Waals surface area contributed by atoms with E-state index in [2.05, 4.69) is 147 Å². The van der Waals surface area contributed by atoms with E-state index in [0.29, 0.717) is 35.3 Å². The van der Waals surface area contributed by atoms with Crippen molar-refractivity contribution in [2.45, 2.75) is 70.6 Å². The first-order chi connectivity index (χ1) is 53.7. The maximum atomic E-state index is 14.0. The third-order valence-electron chi connectivity index (χ3n) is 20.9. The van der Waals surface area contributed by atoms with Gasteiger partial charge in [-0.05, 0) is 218 Å². The molecule has 2 fully saturated rings. The Morgan fingerprint density at radius 2 is 0.982 bits per heavy atom. The van der Waals surface area contributed by atoms with E-state index in [-0.39, 0.29) is 22.9 Å². The fraction of sp³-hybridized carbons (Fsp3) is 0.233. The normalized spacial score (nSPS) is 13.9. The molecule has 23 nitrogen and oxygen atoms in total. The maximum absolute atomic E-state index is 14.0. The predicted molar refractivity (Wildman–Crippen MR) is 441 cm³/mol. The molecule has 568 valence electrons. The van der Waals surface area contributed by atoms with Crippen LogP contribution in [0, 0.1) is 5.82 Å². The largest absolute Gasteiger partial charge is 0.378 e. The lowest BCUT2D eigenvalue weighted by molar-refractivity contribution is 0.0962. The molecule has 13 aromatic rings. The van der Waals surface area contributed by atoms with E-state index in [1.807, 2.05) is 131 Å². The molecule has 0 bridgehead atoms. The second kappa shape index (κ2) is 33.2. The molecule has 7 aromatic carbocycles. The number of hydrogen-bond donors (Lipinski definition) is 7. The van der Waals surface area contributed by atoms with E-state index in [4.69, 9.17) is 11.5 Å². The van der Waals surface area contributed by atoms with E-state index >= 15 is 0 Å². The second-order valence-electron chi connectivity index (χ2n) is 28.3. The van der Waals surface area contributed by atoms with Crippen LogP contribution in [0.25, 0.3) is 50.7 Å². The van der Waals surface area contributed by atoms with Crippen LogP contribution in [0.2, 0.25) is 0 Å². The summed E-state index contributed by atoms with van der Waals surface area (Å²) in [4.78, 5) is 60.8. The molecule has 0 atom stereocenters. The number of rotatable bonds is 22. The highest BCUT2D eigenvalue weighted by Gasteiger charge is 2.25. The Hall–Kier alpha value is -12.4. The quantitative estimate of drug-likeness (QED) is 0.0332. The fourth-order valence-corrected chi connectivity index (χ4v) is 15.6. The number of anilines is 9. The van der Waals surface area contributed by atoms with Crippen molar-refractivity contribution in [1.82, 2.24) is 48.0 Å². The second-order valence-corrected chi connectivity index (χ2v) is 30.1. The van der Waals surface area contributed by atoms with Crippen LogP contribution in [0.1, 0.15) is 82.7 Å². The van der Waals surface area contributed by atoms with E-state index in [1.165, 1.54) is 36.3 Å². The van der Waals surface area contributed by atoms with Gasteiger partial charge in [0.15, 0.2) is 16.9 Å². The monoisotopic (exact) mass is 1510 g/mol. The van der Waals surface area contributed by atoms with Crippen LogP contribution in [-0.2, 0) is 23.1 Å². The summed E-state index contributed by atoms with van der Waals surface area (Å²) in [7, 11) is 0.245. The highest BCUT2D eigenvalue weighted by molar-refractivity contribution is 7.89. The SMILES string of the molecule is CC(C)N1CCN(c2ccc(Nc3ccc(-c4ccc(F)c(C(N)=O)c4)n4ccnc34)cc2)CC1.CCC(CC)N1CCN(c2ccc(Nc3ccc(-c4ccc(C(N)=O)cc4)n4ccnc34)cc2)CC1.CN(C)c1ccc(CNS(=O)(=O)c2ccc(Nc3ccc(-c4ccc5c(c4)CNC5=O)n4ccnc34)cc2)cc1. The van der Waals surface area contributed by atoms with E-state index < -0.39 is 27.7 Å². The molecule has 16 rings (SSSR count). The smallest absolute Gasteiger partial charge is 0.251 e. The van der Waals surface area contributed by atoms with Gasteiger partial charge in [-0.3, -0.25) is 37.4 Å². The lowest BCUT2D eigenvalue weighted by atomic mass is 10.0. The number of nitrogens with one attached hydrogen (secondary N) is 5. The molecule has 9 heterocycles. The molecule has 9 N–H and O–H groups in total. The Kier molecular flexibility index (Phi) is 22.5. The molecular formula is C86H91FN18O5S. The fourth-order valence-electron chi connectivity index (χ4n) is 14.6. The van der Waals surface area contributed by atoms with E-state index in [1.54, 1.807) is 61.1 Å². The number of nitrogens with zero attached hydrogens (tertiary/aromatic N) is 11. The Balaban J connectivity index is 0.000000139. The molecule has 3 aliphatic rings. The third kappa shape index (κ3) is 16.9. The van der Waals surface area contributed by atoms with Crippen molar-refractivity contribution in [2.75, 3.05) is 97.1 Å². The van der Waals surface area contributed by atoms with Crippen LogP contribution in [0.5, 0.6) is 0 Å². The minimum absolute atomic E-state index is 0.0432. The molecule has 0 saturated carbocycles. The van der Waals surface area contributed by atoms with Gasteiger partial charge in [-0.2, -0.15) is 0 Å². The third-order valence-corrected chi connectivity index (χ3v) is 22.3. The Bertz CT molecular complexity index is 5590. The number of benzene rings is 7. The first kappa shape index (κ1) is 75.4. The van der Waals surface area contributed by atoms with Crippen molar-refractivity contribution in [1.29, 1.82) is 0 Å². The van der Waals surface area contributed by atoms with Crippen molar-refractivity contribution in [3.8, 4) is 33.8 Å². The number of fused-ring (bicyclic) bond motifs is 4. The Morgan fingerprint density at radius 1 is 0.532 bits per heavy atom. The van der Waals surface area contributed by atoms with Crippen molar-refractivity contribution in [2.24, 2.45) is 11.5 Å². The zero-order valence-electron chi connectivity index (χ0n) is 63.0. The van der Waals surface area contributed by atoms with Gasteiger partial charge >= 0.3 is 0 Å². The standard InChI is InChI=1S/C30H28N6O3S.C29H34N6O.C27H29FN6O/c1-35(2)24-8-3-20(4-9-24)18-33-40(38,39)25-10-6-23(7-11-25)34-27-13-14-28(36-16-15-31-29(27)36)21-5-12-26-22(17-21)19-32-30(26)37;1-3-24(4-2)33-17-19-34(20-18-33)25-11-9-23(10-12-25)32-26-13-14-27(35-16-15-31-29(26)35)21-5-7-22(8-6-21)28(30)36;1-18(2)32-13-15-33(16-14-32)21-6-4-20(5-7-21)31-24-9-10-25(34-12-11-30-27(24)34)19-3-8-23(28)22(17-19)26(29)35/h3-17,33-34H,18-19H2,1-2H3,(H,32,37);5-16,24,32H,3-4,17-20H2,1-2H3,(H2,30,36);3-12,17-18,31H,13-16H2,1-2H3,(H2,29,35). The molecule has 0 unspecified atom stereocenters. The molecule has 3 aliphatic heterocycles. The van der Waals surface area contributed by atoms with Gasteiger partial charge in [-0.15, -0.1) is 0 Å². The summed E-state index contributed by atoms with van der Waals surface area (Å²) in [5, 5.41) is 13.2. The van der Waals surface area contributed by atoms with Crippen molar-refractivity contribution >= 4 is 95.9 Å². The number of carbonyl (C=O) groups excluding carboxylic acids is 3. The van der Waals surface area contributed by atoms with Crippen LogP contribution < -0.4 is 52.2 Å². The number of carbonyl (C=O) groups is 3. The van der Waals surface area contributed by atoms with Crippen LogP contribution >= 0.6 is 0 Å².